The maximum Gasteiger partial charge on any atom is 0.308 e. The highest BCUT2D eigenvalue weighted by molar-refractivity contribution is 7.90. The van der Waals surface area contributed by atoms with Gasteiger partial charge in [-0.25, -0.2) is 23.1 Å². The summed E-state index contributed by atoms with van der Waals surface area (Å²) < 4.78 is 35.6. The third-order valence-electron chi connectivity index (χ3n) is 5.16. The lowest BCUT2D eigenvalue weighted by Crippen LogP contribution is -2.32. The Morgan fingerprint density at radius 3 is 1.64 bits per heavy atom. The highest BCUT2D eigenvalue weighted by Gasteiger charge is 2.35. The Bertz CT molecular complexity index is 1350. The van der Waals surface area contributed by atoms with Crippen LogP contribution < -0.4 is 14.8 Å². The summed E-state index contributed by atoms with van der Waals surface area (Å²) in [5, 5.41) is 3.18. The molecular formula is C37H70N4O5S. The zero-order valence-corrected chi connectivity index (χ0v) is 26.6. The second-order valence-electron chi connectivity index (χ2n) is 11.7. The number of fused-ring (bicyclic) bond motifs is 1. The third kappa shape index (κ3) is 20.6. The highest BCUT2D eigenvalue weighted by atomic mass is 32.2. The van der Waals surface area contributed by atoms with Gasteiger partial charge in [0.1, 0.15) is 5.60 Å². The molecule has 1 aromatic heterocycles. The number of sulfonamides is 1. The first-order valence-electron chi connectivity index (χ1n) is 14.1. The fraction of sp³-hybridized carbons (Fsp3) is 0.595. The first-order valence-corrected chi connectivity index (χ1v) is 15.6. The topological polar surface area (TPSA) is 120 Å². The number of hydrogen-bond donors (Lipinski definition) is 2. The van der Waals surface area contributed by atoms with Crippen LogP contribution >= 0.6 is 0 Å². The minimum atomic E-state index is -2.94. The van der Waals surface area contributed by atoms with Crippen molar-refractivity contribution in [3.8, 4) is 5.88 Å². The van der Waals surface area contributed by atoms with Gasteiger partial charge in [0.05, 0.1) is 28.3 Å². The van der Waals surface area contributed by atoms with Gasteiger partial charge in [-0.2, -0.15) is 0 Å². The summed E-state index contributed by atoms with van der Waals surface area (Å²) in [7, 11) is -2.94. The lowest BCUT2D eigenvalue weighted by Gasteiger charge is -2.20. The van der Waals surface area contributed by atoms with Crippen LogP contribution in [-0.4, -0.2) is 47.4 Å². The zero-order valence-electron chi connectivity index (χ0n) is 25.8. The SMILES string of the molecule is C.C.C.C.C.C.CC(C)C(=O)OC(C)(C)C.CC(C)NS(=O)(=O)C1CC1.CC(C)Oc1nc2ccccc2nc1Nc1ccccc1. The maximum absolute atomic E-state index is 11.1. The van der Waals surface area contributed by atoms with E-state index >= 15 is 0 Å². The van der Waals surface area contributed by atoms with Gasteiger partial charge in [0.25, 0.3) is 5.88 Å². The van der Waals surface area contributed by atoms with E-state index < -0.39 is 10.0 Å². The van der Waals surface area contributed by atoms with Gasteiger partial charge < -0.3 is 14.8 Å². The Kier molecular flexibility index (Phi) is 27.2. The van der Waals surface area contributed by atoms with Crippen molar-refractivity contribution in [2.45, 2.75) is 143 Å². The molecule has 10 heteroatoms. The number of esters is 1. The molecule has 0 bridgehead atoms. The molecule has 0 saturated heterocycles. The molecule has 47 heavy (non-hydrogen) atoms. The highest BCUT2D eigenvalue weighted by Crippen LogP contribution is 2.28. The predicted octanol–water partition coefficient (Wildman–Crippen LogP) is 10.4. The van der Waals surface area contributed by atoms with Crippen LogP contribution in [0.5, 0.6) is 5.88 Å². The molecule has 0 radical (unpaired) electrons. The fourth-order valence-electron chi connectivity index (χ4n) is 3.25. The van der Waals surface area contributed by atoms with Crippen molar-refractivity contribution in [1.82, 2.24) is 14.7 Å². The van der Waals surface area contributed by atoms with Crippen LogP contribution in [0.25, 0.3) is 11.0 Å². The number of carbonyl (C=O) groups excluding carboxylic acids is 1. The van der Waals surface area contributed by atoms with E-state index in [-0.39, 0.29) is 79.4 Å². The van der Waals surface area contributed by atoms with Crippen molar-refractivity contribution in [1.29, 1.82) is 0 Å². The van der Waals surface area contributed by atoms with Gasteiger partial charge in [0.15, 0.2) is 5.82 Å². The van der Waals surface area contributed by atoms with E-state index in [1.54, 1.807) is 0 Å². The summed E-state index contributed by atoms with van der Waals surface area (Å²) in [6.45, 7) is 16.9. The van der Waals surface area contributed by atoms with E-state index in [4.69, 9.17) is 9.47 Å². The van der Waals surface area contributed by atoms with Crippen molar-refractivity contribution in [2.75, 3.05) is 5.32 Å². The molecule has 1 aliphatic rings. The fourth-order valence-corrected chi connectivity index (χ4v) is 4.86. The number of nitrogens with one attached hydrogen (secondary N) is 2. The molecule has 0 aliphatic heterocycles. The Hall–Kier alpha value is -3.24. The number of nitrogens with zero attached hydrogens (tertiary/aromatic N) is 2. The van der Waals surface area contributed by atoms with E-state index in [0.29, 0.717) is 11.7 Å². The van der Waals surface area contributed by atoms with Crippen LogP contribution in [0.2, 0.25) is 0 Å². The number of aromatic nitrogens is 2. The van der Waals surface area contributed by atoms with Crippen LogP contribution in [0.3, 0.4) is 0 Å². The number of hydrogen-bond acceptors (Lipinski definition) is 8. The van der Waals surface area contributed by atoms with Crippen molar-refractivity contribution >= 4 is 38.5 Å². The lowest BCUT2D eigenvalue weighted by molar-refractivity contribution is -0.158. The van der Waals surface area contributed by atoms with Gasteiger partial charge in [-0.15, -0.1) is 0 Å². The Morgan fingerprint density at radius 1 is 0.787 bits per heavy atom. The Balaban J connectivity index is -0.000000196. The summed E-state index contributed by atoms with van der Waals surface area (Å²) in [6, 6.07) is 17.7. The van der Waals surface area contributed by atoms with Gasteiger partial charge in [-0.1, -0.05) is 88.7 Å². The van der Waals surface area contributed by atoms with Gasteiger partial charge >= 0.3 is 5.97 Å². The number of ether oxygens (including phenoxy) is 2. The second kappa shape index (κ2) is 24.0. The number of rotatable bonds is 8. The number of anilines is 2. The van der Waals surface area contributed by atoms with E-state index in [1.807, 2.05) is 117 Å². The number of para-hydroxylation sites is 3. The molecule has 9 nitrogen and oxygen atoms in total. The smallest absolute Gasteiger partial charge is 0.308 e. The van der Waals surface area contributed by atoms with E-state index in [2.05, 4.69) is 20.0 Å². The minimum Gasteiger partial charge on any atom is -0.472 e. The van der Waals surface area contributed by atoms with Gasteiger partial charge in [0.2, 0.25) is 10.0 Å². The first kappa shape index (κ1) is 53.3. The molecular weight excluding hydrogens is 612 g/mol. The summed E-state index contributed by atoms with van der Waals surface area (Å²) >= 11 is 0. The molecule has 4 rings (SSSR count). The first-order chi connectivity index (χ1) is 19.1. The molecule has 274 valence electrons. The van der Waals surface area contributed by atoms with Gasteiger partial charge in [-0.05, 0) is 85.6 Å². The van der Waals surface area contributed by atoms with Crippen LogP contribution in [-0.2, 0) is 19.6 Å². The van der Waals surface area contributed by atoms with Gasteiger partial charge in [0, 0.05) is 11.7 Å². The van der Waals surface area contributed by atoms with E-state index in [0.717, 1.165) is 29.6 Å². The lowest BCUT2D eigenvalue weighted by atomic mass is 10.1. The number of benzene rings is 2. The van der Waals surface area contributed by atoms with Crippen molar-refractivity contribution in [2.24, 2.45) is 5.92 Å². The monoisotopic (exact) mass is 683 g/mol. The summed E-state index contributed by atoms with van der Waals surface area (Å²) in [5.41, 5.74) is 2.27. The summed E-state index contributed by atoms with van der Waals surface area (Å²) in [5.74, 6) is 0.993. The normalized spacial score (nSPS) is 11.6. The quantitative estimate of drug-likeness (QED) is 0.225. The third-order valence-corrected chi connectivity index (χ3v) is 7.31. The van der Waals surface area contributed by atoms with Crippen LogP contribution in [0.1, 0.15) is 120 Å². The van der Waals surface area contributed by atoms with E-state index in [1.165, 1.54) is 0 Å². The molecule has 1 fully saturated rings. The molecule has 2 N–H and O–H groups in total. The average Bonchev–Trinajstić information content (AvgIpc) is 3.70. The molecule has 2 aromatic carbocycles. The molecule has 3 aromatic rings. The largest absolute Gasteiger partial charge is 0.472 e. The van der Waals surface area contributed by atoms with E-state index in [9.17, 15) is 13.2 Å². The molecule has 0 atom stereocenters. The number of carbonyl (C=O) groups is 1. The maximum atomic E-state index is 11.1. The molecule has 1 saturated carbocycles. The Morgan fingerprint density at radius 2 is 1.26 bits per heavy atom. The summed E-state index contributed by atoms with van der Waals surface area (Å²) in [6.07, 6.45) is 1.71. The van der Waals surface area contributed by atoms with Crippen molar-refractivity contribution in [3.05, 3.63) is 54.6 Å². The van der Waals surface area contributed by atoms with Crippen molar-refractivity contribution in [3.63, 3.8) is 0 Å². The predicted molar refractivity (Wildman–Crippen MR) is 206 cm³/mol. The molecule has 1 aliphatic carbocycles. The van der Waals surface area contributed by atoms with Crippen LogP contribution in [0, 0.1) is 5.92 Å². The second-order valence-corrected chi connectivity index (χ2v) is 13.7. The molecule has 1 heterocycles. The molecule has 0 spiro atoms. The van der Waals surface area contributed by atoms with Crippen molar-refractivity contribution < 1.29 is 22.7 Å². The zero-order chi connectivity index (χ0) is 30.8. The van der Waals surface area contributed by atoms with Crippen LogP contribution in [0.4, 0.5) is 11.5 Å². The molecule has 0 amide bonds. The minimum absolute atomic E-state index is 0. The van der Waals surface area contributed by atoms with Crippen LogP contribution in [0.15, 0.2) is 54.6 Å². The Labute approximate surface area is 289 Å². The standard InChI is InChI=1S/C17H17N3O.C8H16O2.C6H13NO2S.6CH4/c1-12(2)21-17-16(18-13-8-4-3-5-9-13)19-14-10-6-7-11-15(14)20-17;1-6(2)7(9)10-8(3,4)5;1-5(2)7-10(8,9)6-3-4-6;;;;;;/h3-12H,1-2H3,(H,18,19);6H,1-5H3;5-7H,3-4H2,1-2H3;6*1H4. The summed E-state index contributed by atoms with van der Waals surface area (Å²) in [4.78, 5) is 20.1. The molecule has 0 unspecified atom stereocenters. The average molecular weight is 683 g/mol. The van der Waals surface area contributed by atoms with Gasteiger partial charge in [-0.3, -0.25) is 4.79 Å².